The molecular formula is C15H20BrNO2. The van der Waals surface area contributed by atoms with Gasteiger partial charge in [0.1, 0.15) is 0 Å². The topological polar surface area (TPSA) is 49.3 Å². The van der Waals surface area contributed by atoms with Crippen LogP contribution in [0.3, 0.4) is 0 Å². The van der Waals surface area contributed by atoms with E-state index in [2.05, 4.69) is 21.2 Å². The van der Waals surface area contributed by atoms with Crippen molar-refractivity contribution >= 4 is 21.8 Å². The van der Waals surface area contributed by atoms with Crippen LogP contribution in [0.25, 0.3) is 0 Å². The van der Waals surface area contributed by atoms with E-state index < -0.39 is 0 Å². The fraction of sp³-hybridized carbons (Fsp3) is 0.533. The van der Waals surface area contributed by atoms with Gasteiger partial charge in [-0.15, -0.1) is 0 Å². The number of aliphatic hydroxyl groups excluding tert-OH is 1. The van der Waals surface area contributed by atoms with Gasteiger partial charge in [0, 0.05) is 16.9 Å². The third-order valence-corrected chi connectivity index (χ3v) is 4.45. The van der Waals surface area contributed by atoms with Gasteiger partial charge >= 0.3 is 0 Å². The molecule has 0 saturated heterocycles. The number of hydrogen-bond donors (Lipinski definition) is 2. The molecule has 1 saturated carbocycles. The number of aliphatic hydroxyl groups is 1. The van der Waals surface area contributed by atoms with E-state index in [9.17, 15) is 9.90 Å². The number of carbonyl (C=O) groups is 1. The van der Waals surface area contributed by atoms with Crippen LogP contribution in [0.2, 0.25) is 0 Å². The lowest BCUT2D eigenvalue weighted by Gasteiger charge is -2.17. The van der Waals surface area contributed by atoms with Gasteiger partial charge in [0.05, 0.1) is 12.0 Å². The zero-order valence-corrected chi connectivity index (χ0v) is 12.7. The molecule has 1 aliphatic carbocycles. The average molecular weight is 326 g/mol. The zero-order valence-electron chi connectivity index (χ0n) is 11.1. The van der Waals surface area contributed by atoms with Gasteiger partial charge in [0.2, 0.25) is 5.91 Å². The normalized spacial score (nSPS) is 24.2. The third kappa shape index (κ3) is 3.80. The molecule has 0 spiro atoms. The van der Waals surface area contributed by atoms with Crippen molar-refractivity contribution in [1.29, 1.82) is 0 Å². The molecule has 3 atom stereocenters. The molecule has 19 heavy (non-hydrogen) atoms. The van der Waals surface area contributed by atoms with Crippen LogP contribution in [0.4, 0.5) is 0 Å². The minimum atomic E-state index is -0.247. The smallest absolute Gasteiger partial charge is 0.227 e. The van der Waals surface area contributed by atoms with E-state index in [0.717, 1.165) is 29.3 Å². The van der Waals surface area contributed by atoms with Gasteiger partial charge in [-0.1, -0.05) is 34.5 Å². The minimum absolute atomic E-state index is 0.0291. The Kier molecular flexibility index (Phi) is 4.99. The molecule has 0 aliphatic heterocycles. The molecule has 1 fully saturated rings. The molecule has 0 heterocycles. The van der Waals surface area contributed by atoms with Crippen LogP contribution < -0.4 is 5.32 Å². The molecule has 4 heteroatoms. The van der Waals surface area contributed by atoms with Gasteiger partial charge in [-0.05, 0) is 37.5 Å². The summed E-state index contributed by atoms with van der Waals surface area (Å²) in [5.74, 6) is 0.0918. The maximum absolute atomic E-state index is 12.1. The summed E-state index contributed by atoms with van der Waals surface area (Å²) in [4.78, 5) is 12.1. The summed E-state index contributed by atoms with van der Waals surface area (Å²) < 4.78 is 1.01. The van der Waals surface area contributed by atoms with Gasteiger partial charge < -0.3 is 10.4 Å². The first kappa shape index (κ1) is 14.5. The molecule has 3 nitrogen and oxygen atoms in total. The number of benzene rings is 1. The molecule has 0 bridgehead atoms. The van der Waals surface area contributed by atoms with Crippen molar-refractivity contribution in [3.63, 3.8) is 0 Å². The summed E-state index contributed by atoms with van der Waals surface area (Å²) in [6, 6.07) is 7.80. The van der Waals surface area contributed by atoms with Crippen molar-refractivity contribution in [3.8, 4) is 0 Å². The van der Waals surface area contributed by atoms with E-state index in [0.29, 0.717) is 6.54 Å². The van der Waals surface area contributed by atoms with Crippen molar-refractivity contribution in [2.24, 2.45) is 5.92 Å². The van der Waals surface area contributed by atoms with Gasteiger partial charge in [-0.3, -0.25) is 4.79 Å². The van der Waals surface area contributed by atoms with Gasteiger partial charge in [0.15, 0.2) is 0 Å². The Morgan fingerprint density at radius 1 is 1.42 bits per heavy atom. The molecule has 0 aromatic heterocycles. The van der Waals surface area contributed by atoms with Crippen molar-refractivity contribution in [3.05, 3.63) is 34.3 Å². The maximum Gasteiger partial charge on any atom is 0.227 e. The average Bonchev–Trinajstić information content (AvgIpc) is 2.81. The Morgan fingerprint density at radius 3 is 2.68 bits per heavy atom. The van der Waals surface area contributed by atoms with Crippen molar-refractivity contribution in [2.45, 2.75) is 38.2 Å². The van der Waals surface area contributed by atoms with Crippen LogP contribution in [0.1, 0.15) is 37.7 Å². The third-order valence-electron chi connectivity index (χ3n) is 3.92. The van der Waals surface area contributed by atoms with E-state index in [4.69, 9.17) is 0 Å². The minimum Gasteiger partial charge on any atom is -0.393 e. The number of amides is 1. The summed E-state index contributed by atoms with van der Waals surface area (Å²) in [5.41, 5.74) is 1.01. The summed E-state index contributed by atoms with van der Waals surface area (Å²) in [7, 11) is 0. The Morgan fingerprint density at radius 2 is 2.11 bits per heavy atom. The van der Waals surface area contributed by atoms with Crippen LogP contribution in [0.15, 0.2) is 28.7 Å². The molecule has 1 aromatic rings. The quantitative estimate of drug-likeness (QED) is 0.894. The number of carbonyl (C=O) groups excluding carboxylic acids is 1. The molecule has 104 valence electrons. The lowest BCUT2D eigenvalue weighted by atomic mass is 10.00. The lowest BCUT2D eigenvalue weighted by molar-refractivity contribution is -0.122. The second kappa shape index (κ2) is 6.53. The first-order valence-electron chi connectivity index (χ1n) is 6.79. The Hall–Kier alpha value is -0.870. The summed E-state index contributed by atoms with van der Waals surface area (Å²) in [6.07, 6.45) is 2.68. The molecule has 1 amide bonds. The van der Waals surface area contributed by atoms with Crippen molar-refractivity contribution in [1.82, 2.24) is 5.32 Å². The van der Waals surface area contributed by atoms with E-state index in [-0.39, 0.29) is 23.8 Å². The number of nitrogens with one attached hydrogen (secondary N) is 1. The predicted octanol–water partition coefficient (Wildman–Crippen LogP) is 2.83. The SMILES string of the molecule is C[C@H](C(=O)NC[C@H]1CCC[C@@H]1O)c1ccc(Br)cc1. The fourth-order valence-corrected chi connectivity index (χ4v) is 2.81. The summed E-state index contributed by atoms with van der Waals surface area (Å²) in [5, 5.41) is 12.7. The molecular weight excluding hydrogens is 306 g/mol. The maximum atomic E-state index is 12.1. The highest BCUT2D eigenvalue weighted by molar-refractivity contribution is 9.10. The Balaban J connectivity index is 1.87. The monoisotopic (exact) mass is 325 g/mol. The summed E-state index contributed by atoms with van der Waals surface area (Å²) >= 11 is 3.39. The highest BCUT2D eigenvalue weighted by Gasteiger charge is 2.26. The standard InChI is InChI=1S/C15H20BrNO2/c1-10(11-5-7-13(16)8-6-11)15(19)17-9-12-3-2-4-14(12)18/h5-8,10,12,14,18H,2-4,9H2,1H3,(H,17,19)/t10-,12+,14-/m0/s1. The van der Waals surface area contributed by atoms with E-state index >= 15 is 0 Å². The molecule has 1 aromatic carbocycles. The molecule has 2 rings (SSSR count). The lowest BCUT2D eigenvalue weighted by Crippen LogP contribution is -2.34. The molecule has 1 aliphatic rings. The first-order chi connectivity index (χ1) is 9.08. The zero-order chi connectivity index (χ0) is 13.8. The van der Waals surface area contributed by atoms with Crippen LogP contribution in [0.5, 0.6) is 0 Å². The van der Waals surface area contributed by atoms with Crippen LogP contribution in [0, 0.1) is 5.92 Å². The van der Waals surface area contributed by atoms with Gasteiger partial charge in [0.25, 0.3) is 0 Å². The second-order valence-corrected chi connectivity index (χ2v) is 6.19. The van der Waals surface area contributed by atoms with Crippen LogP contribution >= 0.6 is 15.9 Å². The highest BCUT2D eigenvalue weighted by Crippen LogP contribution is 2.25. The Labute approximate surface area is 122 Å². The van der Waals surface area contributed by atoms with Gasteiger partial charge in [-0.25, -0.2) is 0 Å². The first-order valence-corrected chi connectivity index (χ1v) is 7.58. The number of rotatable bonds is 4. The van der Waals surface area contributed by atoms with Crippen molar-refractivity contribution in [2.75, 3.05) is 6.54 Å². The molecule has 0 unspecified atom stereocenters. The fourth-order valence-electron chi connectivity index (χ4n) is 2.54. The van der Waals surface area contributed by atoms with E-state index in [1.807, 2.05) is 31.2 Å². The summed E-state index contributed by atoms with van der Waals surface area (Å²) in [6.45, 7) is 2.49. The van der Waals surface area contributed by atoms with Crippen LogP contribution in [-0.2, 0) is 4.79 Å². The predicted molar refractivity (Wildman–Crippen MR) is 78.9 cm³/mol. The van der Waals surface area contributed by atoms with E-state index in [1.165, 1.54) is 0 Å². The van der Waals surface area contributed by atoms with E-state index in [1.54, 1.807) is 0 Å². The van der Waals surface area contributed by atoms with Crippen LogP contribution in [-0.4, -0.2) is 23.7 Å². The number of halogens is 1. The van der Waals surface area contributed by atoms with Gasteiger partial charge in [-0.2, -0.15) is 0 Å². The number of hydrogen-bond acceptors (Lipinski definition) is 2. The largest absolute Gasteiger partial charge is 0.393 e. The Bertz CT molecular complexity index is 432. The molecule has 0 radical (unpaired) electrons. The molecule has 2 N–H and O–H groups in total. The highest BCUT2D eigenvalue weighted by atomic mass is 79.9. The van der Waals surface area contributed by atoms with Crippen molar-refractivity contribution < 1.29 is 9.90 Å². The second-order valence-electron chi connectivity index (χ2n) is 5.28.